The van der Waals surface area contributed by atoms with Gasteiger partial charge in [-0.1, -0.05) is 215 Å². The summed E-state index contributed by atoms with van der Waals surface area (Å²) in [5.41, 5.74) is 0. The van der Waals surface area contributed by atoms with Gasteiger partial charge in [0.15, 0.2) is 6.10 Å². The van der Waals surface area contributed by atoms with Gasteiger partial charge in [0.1, 0.15) is 13.2 Å². The van der Waals surface area contributed by atoms with Crippen molar-refractivity contribution in [1.29, 1.82) is 0 Å². The molecule has 0 aromatic heterocycles. The molecule has 0 N–H and O–H groups in total. The van der Waals surface area contributed by atoms with Crippen molar-refractivity contribution in [2.24, 2.45) is 17.8 Å². The second kappa shape index (κ2) is 39.6. The molecular formula is C48H92O6. The minimum Gasteiger partial charge on any atom is -0.462 e. The first-order valence-corrected chi connectivity index (χ1v) is 23.6. The zero-order valence-electron chi connectivity index (χ0n) is 37.0. The first-order chi connectivity index (χ1) is 26.1. The maximum absolute atomic E-state index is 12.7. The Bertz CT molecular complexity index is 839. The second-order valence-corrected chi connectivity index (χ2v) is 17.6. The summed E-state index contributed by atoms with van der Waals surface area (Å²) in [7, 11) is 0. The Morgan fingerprint density at radius 3 is 0.963 bits per heavy atom. The first kappa shape index (κ1) is 52.4. The average Bonchev–Trinajstić information content (AvgIpc) is 3.14. The number of rotatable bonds is 41. The van der Waals surface area contributed by atoms with E-state index >= 15 is 0 Å². The molecule has 6 heteroatoms. The van der Waals surface area contributed by atoms with E-state index in [-0.39, 0.29) is 31.1 Å². The quantitative estimate of drug-likeness (QED) is 0.0350. The molecule has 0 saturated heterocycles. The van der Waals surface area contributed by atoms with Crippen LogP contribution in [0.5, 0.6) is 0 Å². The van der Waals surface area contributed by atoms with Crippen molar-refractivity contribution in [1.82, 2.24) is 0 Å². The Kier molecular flexibility index (Phi) is 38.5. The molecule has 0 aromatic carbocycles. The van der Waals surface area contributed by atoms with E-state index in [4.69, 9.17) is 14.2 Å². The summed E-state index contributed by atoms with van der Waals surface area (Å²) >= 11 is 0. The molecule has 6 nitrogen and oxygen atoms in total. The monoisotopic (exact) mass is 765 g/mol. The highest BCUT2D eigenvalue weighted by Crippen LogP contribution is 2.17. The highest BCUT2D eigenvalue weighted by molar-refractivity contribution is 5.71. The van der Waals surface area contributed by atoms with Gasteiger partial charge in [-0.2, -0.15) is 0 Å². The highest BCUT2D eigenvalue weighted by atomic mass is 16.6. The van der Waals surface area contributed by atoms with Crippen LogP contribution in [-0.4, -0.2) is 37.2 Å². The van der Waals surface area contributed by atoms with Crippen LogP contribution >= 0.6 is 0 Å². The molecule has 1 unspecified atom stereocenters. The van der Waals surface area contributed by atoms with Gasteiger partial charge in [0, 0.05) is 19.3 Å². The van der Waals surface area contributed by atoms with Crippen molar-refractivity contribution in [2.45, 2.75) is 260 Å². The van der Waals surface area contributed by atoms with Crippen molar-refractivity contribution in [2.75, 3.05) is 13.2 Å². The summed E-state index contributed by atoms with van der Waals surface area (Å²) < 4.78 is 16.7. The van der Waals surface area contributed by atoms with Crippen LogP contribution in [0.3, 0.4) is 0 Å². The van der Waals surface area contributed by atoms with E-state index in [0.29, 0.717) is 19.3 Å². The minimum atomic E-state index is -0.762. The summed E-state index contributed by atoms with van der Waals surface area (Å²) in [5.74, 6) is 1.58. The largest absolute Gasteiger partial charge is 0.462 e. The van der Waals surface area contributed by atoms with Gasteiger partial charge in [-0.05, 0) is 37.0 Å². The second-order valence-electron chi connectivity index (χ2n) is 17.6. The third-order valence-corrected chi connectivity index (χ3v) is 11.0. The van der Waals surface area contributed by atoms with Crippen LogP contribution in [0.15, 0.2) is 0 Å². The predicted octanol–water partition coefficient (Wildman–Crippen LogP) is 14.8. The molecule has 0 aromatic rings. The summed E-state index contributed by atoms with van der Waals surface area (Å²) in [5, 5.41) is 0. The van der Waals surface area contributed by atoms with Crippen molar-refractivity contribution >= 4 is 17.9 Å². The molecule has 0 spiro atoms. The first-order valence-electron chi connectivity index (χ1n) is 23.6. The topological polar surface area (TPSA) is 78.9 Å². The number of esters is 3. The van der Waals surface area contributed by atoms with E-state index in [2.05, 4.69) is 41.5 Å². The fraction of sp³-hybridized carbons (Fsp3) is 0.938. The number of ether oxygens (including phenoxy) is 3. The number of hydrogen-bond donors (Lipinski definition) is 0. The molecule has 0 rings (SSSR count). The molecule has 0 aliphatic carbocycles. The van der Waals surface area contributed by atoms with E-state index < -0.39 is 6.10 Å². The number of hydrogen-bond acceptors (Lipinski definition) is 6. The van der Waals surface area contributed by atoms with Gasteiger partial charge in [-0.15, -0.1) is 0 Å². The lowest BCUT2D eigenvalue weighted by molar-refractivity contribution is -0.167. The normalized spacial score (nSPS) is 12.7. The Hall–Kier alpha value is -1.59. The average molecular weight is 765 g/mol. The maximum atomic E-state index is 12.7. The van der Waals surface area contributed by atoms with Gasteiger partial charge in [0.2, 0.25) is 0 Å². The molecule has 2 atom stereocenters. The van der Waals surface area contributed by atoms with Crippen molar-refractivity contribution in [3.05, 3.63) is 0 Å². The van der Waals surface area contributed by atoms with Gasteiger partial charge in [0.05, 0.1) is 0 Å². The summed E-state index contributed by atoms with van der Waals surface area (Å²) in [6, 6.07) is 0. The van der Waals surface area contributed by atoms with E-state index in [1.807, 2.05) is 0 Å². The number of carbonyl (C=O) groups is 3. The Balaban J connectivity index is 4.35. The molecule has 0 saturated carbocycles. The molecule has 0 fully saturated rings. The van der Waals surface area contributed by atoms with Gasteiger partial charge < -0.3 is 14.2 Å². The van der Waals surface area contributed by atoms with E-state index in [9.17, 15) is 14.4 Å². The van der Waals surface area contributed by atoms with Crippen LogP contribution in [0.25, 0.3) is 0 Å². The fourth-order valence-corrected chi connectivity index (χ4v) is 7.02. The van der Waals surface area contributed by atoms with Crippen LogP contribution in [0, 0.1) is 17.8 Å². The molecular weight excluding hydrogens is 673 g/mol. The molecule has 54 heavy (non-hydrogen) atoms. The molecule has 0 aliphatic heterocycles. The summed E-state index contributed by atoms with van der Waals surface area (Å²) in [4.78, 5) is 37.8. The number of unbranched alkanes of at least 4 members (excludes halogenated alkanes) is 23. The van der Waals surface area contributed by atoms with E-state index in [0.717, 1.165) is 75.5 Å². The van der Waals surface area contributed by atoms with Crippen LogP contribution in [0.4, 0.5) is 0 Å². The Morgan fingerprint density at radius 2 is 0.648 bits per heavy atom. The van der Waals surface area contributed by atoms with Crippen LogP contribution in [-0.2, 0) is 28.6 Å². The lowest BCUT2D eigenvalue weighted by atomic mass is 10.00. The fourth-order valence-electron chi connectivity index (χ4n) is 7.02. The Labute approximate surface area is 336 Å². The van der Waals surface area contributed by atoms with Gasteiger partial charge in [-0.3, -0.25) is 14.4 Å². The standard InChI is InChI=1S/C48H92O6/c1-7-44(6)36-30-24-20-21-26-32-38-47(50)53-41-45(40-52-46(49)37-31-25-18-15-11-13-17-23-29-35-43(4)5)54-48(51)39-33-27-19-14-10-8-9-12-16-22-28-34-42(2)3/h42-45H,7-41H2,1-6H3/t44?,45-/m1/s1. The lowest BCUT2D eigenvalue weighted by Crippen LogP contribution is -2.30. The Morgan fingerprint density at radius 1 is 0.370 bits per heavy atom. The minimum absolute atomic E-state index is 0.0664. The SMILES string of the molecule is CCC(C)CCCCCCCCC(=O)OC[C@@H](COC(=O)CCCCCCCCCCCC(C)C)OC(=O)CCCCCCCCCCCCCC(C)C. The van der Waals surface area contributed by atoms with Crippen molar-refractivity contribution < 1.29 is 28.6 Å². The number of carbonyl (C=O) groups excluding carboxylic acids is 3. The lowest BCUT2D eigenvalue weighted by Gasteiger charge is -2.18. The van der Waals surface area contributed by atoms with Gasteiger partial charge >= 0.3 is 17.9 Å². The highest BCUT2D eigenvalue weighted by Gasteiger charge is 2.19. The van der Waals surface area contributed by atoms with E-state index in [1.54, 1.807) is 0 Å². The van der Waals surface area contributed by atoms with Gasteiger partial charge in [-0.25, -0.2) is 0 Å². The van der Waals surface area contributed by atoms with Crippen LogP contribution in [0.2, 0.25) is 0 Å². The third-order valence-electron chi connectivity index (χ3n) is 11.0. The van der Waals surface area contributed by atoms with Crippen LogP contribution in [0.1, 0.15) is 253 Å². The van der Waals surface area contributed by atoms with E-state index in [1.165, 1.54) is 135 Å². The zero-order valence-corrected chi connectivity index (χ0v) is 37.0. The van der Waals surface area contributed by atoms with Crippen molar-refractivity contribution in [3.8, 4) is 0 Å². The molecule has 0 bridgehead atoms. The molecule has 0 heterocycles. The summed E-state index contributed by atoms with van der Waals surface area (Å²) in [6.07, 6.45) is 36.6. The van der Waals surface area contributed by atoms with Gasteiger partial charge in [0.25, 0.3) is 0 Å². The molecule has 0 amide bonds. The predicted molar refractivity (Wildman–Crippen MR) is 229 cm³/mol. The molecule has 0 aliphatic rings. The van der Waals surface area contributed by atoms with Crippen molar-refractivity contribution in [3.63, 3.8) is 0 Å². The maximum Gasteiger partial charge on any atom is 0.306 e. The smallest absolute Gasteiger partial charge is 0.306 e. The molecule has 320 valence electrons. The molecule has 0 radical (unpaired) electrons. The summed E-state index contributed by atoms with van der Waals surface area (Å²) in [6.45, 7) is 13.6. The van der Waals surface area contributed by atoms with Crippen LogP contribution < -0.4 is 0 Å². The third kappa shape index (κ3) is 40.1. The zero-order chi connectivity index (χ0) is 39.9.